The predicted molar refractivity (Wildman–Crippen MR) is 78.0 cm³/mol. The van der Waals surface area contributed by atoms with Crippen LogP contribution in [-0.2, 0) is 4.79 Å². The lowest BCUT2D eigenvalue weighted by molar-refractivity contribution is -0.125. The monoisotopic (exact) mass is 326 g/mol. The summed E-state index contributed by atoms with van der Waals surface area (Å²) in [7, 11) is 0. The molecule has 0 heterocycles. The van der Waals surface area contributed by atoms with E-state index in [0.717, 1.165) is 17.3 Å². The molecule has 1 saturated carbocycles. The molecule has 19 heavy (non-hydrogen) atoms. The van der Waals surface area contributed by atoms with E-state index in [1.807, 2.05) is 31.2 Å². The number of rotatable bonds is 6. The Bertz CT molecular complexity index is 463. The first-order valence-corrected chi connectivity index (χ1v) is 7.22. The number of ether oxygens (including phenoxy) is 1. The molecule has 0 saturated heterocycles. The van der Waals surface area contributed by atoms with E-state index in [0.29, 0.717) is 18.2 Å². The number of halogens is 1. The number of nitrogens with two attached hydrogens (primary N) is 1. The lowest BCUT2D eigenvalue weighted by Gasteiger charge is -2.29. The van der Waals surface area contributed by atoms with E-state index < -0.39 is 0 Å². The molecule has 1 amide bonds. The van der Waals surface area contributed by atoms with Crippen LogP contribution >= 0.6 is 15.9 Å². The lowest BCUT2D eigenvalue weighted by atomic mass is 9.96. The van der Waals surface area contributed by atoms with Gasteiger partial charge in [0.05, 0.1) is 5.54 Å². The SMILES string of the molecule is CC(CN)(NC(=O)COc1cccc(Br)c1)C1CC1. The maximum Gasteiger partial charge on any atom is 0.258 e. The van der Waals surface area contributed by atoms with Crippen molar-refractivity contribution in [1.29, 1.82) is 0 Å². The summed E-state index contributed by atoms with van der Waals surface area (Å²) in [5, 5.41) is 2.99. The van der Waals surface area contributed by atoms with Gasteiger partial charge < -0.3 is 15.8 Å². The first-order valence-electron chi connectivity index (χ1n) is 6.43. The Kier molecular flexibility index (Phi) is 4.47. The van der Waals surface area contributed by atoms with E-state index in [4.69, 9.17) is 10.5 Å². The van der Waals surface area contributed by atoms with Crippen LogP contribution in [0.25, 0.3) is 0 Å². The van der Waals surface area contributed by atoms with Crippen LogP contribution in [-0.4, -0.2) is 24.6 Å². The Morgan fingerprint density at radius 1 is 1.58 bits per heavy atom. The highest BCUT2D eigenvalue weighted by Crippen LogP contribution is 2.38. The third kappa shape index (κ3) is 3.94. The highest BCUT2D eigenvalue weighted by Gasteiger charge is 2.41. The van der Waals surface area contributed by atoms with Gasteiger partial charge in [0.15, 0.2) is 6.61 Å². The van der Waals surface area contributed by atoms with E-state index in [9.17, 15) is 4.79 Å². The van der Waals surface area contributed by atoms with E-state index >= 15 is 0 Å². The van der Waals surface area contributed by atoms with Gasteiger partial charge in [0.25, 0.3) is 5.91 Å². The van der Waals surface area contributed by atoms with Crippen molar-refractivity contribution < 1.29 is 9.53 Å². The molecule has 104 valence electrons. The van der Waals surface area contributed by atoms with Gasteiger partial charge in [0.1, 0.15) is 5.75 Å². The number of benzene rings is 1. The average molecular weight is 327 g/mol. The summed E-state index contributed by atoms with van der Waals surface area (Å²) in [6.45, 7) is 2.47. The quantitative estimate of drug-likeness (QED) is 0.841. The zero-order chi connectivity index (χ0) is 13.9. The van der Waals surface area contributed by atoms with Crippen LogP contribution in [0.2, 0.25) is 0 Å². The summed E-state index contributed by atoms with van der Waals surface area (Å²) in [4.78, 5) is 11.9. The fraction of sp³-hybridized carbons (Fsp3) is 0.500. The second-order valence-corrected chi connectivity index (χ2v) is 6.11. The Balaban J connectivity index is 1.84. The molecule has 4 nitrogen and oxygen atoms in total. The molecule has 5 heteroatoms. The molecule has 0 aliphatic heterocycles. The van der Waals surface area contributed by atoms with Gasteiger partial charge in [-0.05, 0) is 43.9 Å². The Morgan fingerprint density at radius 2 is 2.32 bits per heavy atom. The van der Waals surface area contributed by atoms with Gasteiger partial charge in [-0.15, -0.1) is 0 Å². The Labute approximate surface area is 121 Å². The third-order valence-corrected chi connectivity index (χ3v) is 3.99. The Morgan fingerprint density at radius 3 is 2.89 bits per heavy atom. The van der Waals surface area contributed by atoms with Crippen LogP contribution in [0, 0.1) is 5.92 Å². The van der Waals surface area contributed by atoms with E-state index in [2.05, 4.69) is 21.2 Å². The van der Waals surface area contributed by atoms with E-state index in [-0.39, 0.29) is 18.1 Å². The first-order chi connectivity index (χ1) is 9.03. The lowest BCUT2D eigenvalue weighted by Crippen LogP contribution is -2.54. The molecule has 1 aliphatic carbocycles. The number of hydrogen-bond donors (Lipinski definition) is 2. The summed E-state index contributed by atoms with van der Waals surface area (Å²) in [5.74, 6) is 1.05. The van der Waals surface area contributed by atoms with Crippen molar-refractivity contribution in [3.8, 4) is 5.75 Å². The summed E-state index contributed by atoms with van der Waals surface area (Å²) >= 11 is 3.36. The normalized spacial score (nSPS) is 17.6. The maximum absolute atomic E-state index is 11.9. The minimum Gasteiger partial charge on any atom is -0.484 e. The van der Waals surface area contributed by atoms with Crippen molar-refractivity contribution in [2.24, 2.45) is 11.7 Å². The molecule has 3 N–H and O–H groups in total. The van der Waals surface area contributed by atoms with Crippen molar-refractivity contribution in [2.75, 3.05) is 13.2 Å². The second kappa shape index (κ2) is 5.92. The van der Waals surface area contributed by atoms with Crippen LogP contribution in [0.5, 0.6) is 5.75 Å². The molecule has 0 bridgehead atoms. The molecule has 1 unspecified atom stereocenters. The zero-order valence-corrected chi connectivity index (χ0v) is 12.6. The first kappa shape index (κ1) is 14.3. The van der Waals surface area contributed by atoms with Gasteiger partial charge in [-0.1, -0.05) is 22.0 Å². The largest absolute Gasteiger partial charge is 0.484 e. The fourth-order valence-corrected chi connectivity index (χ4v) is 2.48. The predicted octanol–water partition coefficient (Wildman–Crippen LogP) is 2.07. The molecular formula is C14H19BrN2O2. The van der Waals surface area contributed by atoms with Gasteiger partial charge >= 0.3 is 0 Å². The molecule has 1 fully saturated rings. The van der Waals surface area contributed by atoms with Crippen LogP contribution in [0.1, 0.15) is 19.8 Å². The molecule has 1 aromatic rings. The minimum atomic E-state index is -0.294. The summed E-state index contributed by atoms with van der Waals surface area (Å²) in [5.41, 5.74) is 5.47. The molecule has 0 spiro atoms. The van der Waals surface area contributed by atoms with Crippen LogP contribution in [0.15, 0.2) is 28.7 Å². The van der Waals surface area contributed by atoms with Crippen LogP contribution < -0.4 is 15.8 Å². The molecule has 1 atom stereocenters. The standard InChI is InChI=1S/C14H19BrN2O2/c1-14(9-16,10-5-6-10)17-13(18)8-19-12-4-2-3-11(15)7-12/h2-4,7,10H,5-6,8-9,16H2,1H3,(H,17,18). The van der Waals surface area contributed by atoms with Crippen molar-refractivity contribution in [1.82, 2.24) is 5.32 Å². The number of hydrogen-bond acceptors (Lipinski definition) is 3. The van der Waals surface area contributed by atoms with Crippen molar-refractivity contribution in [3.05, 3.63) is 28.7 Å². The van der Waals surface area contributed by atoms with Crippen molar-refractivity contribution in [3.63, 3.8) is 0 Å². The van der Waals surface area contributed by atoms with Gasteiger partial charge in [0, 0.05) is 11.0 Å². The molecule has 0 aromatic heterocycles. The number of carbonyl (C=O) groups excluding carboxylic acids is 1. The van der Waals surface area contributed by atoms with Crippen LogP contribution in [0.4, 0.5) is 0 Å². The van der Waals surface area contributed by atoms with E-state index in [1.165, 1.54) is 0 Å². The van der Waals surface area contributed by atoms with Crippen molar-refractivity contribution in [2.45, 2.75) is 25.3 Å². The van der Waals surface area contributed by atoms with Gasteiger partial charge in [-0.25, -0.2) is 0 Å². The zero-order valence-electron chi connectivity index (χ0n) is 11.0. The highest BCUT2D eigenvalue weighted by molar-refractivity contribution is 9.10. The molecular weight excluding hydrogens is 308 g/mol. The summed E-state index contributed by atoms with van der Waals surface area (Å²) in [6, 6.07) is 7.42. The minimum absolute atomic E-state index is 0.0127. The van der Waals surface area contributed by atoms with Gasteiger partial charge in [0.2, 0.25) is 0 Å². The smallest absolute Gasteiger partial charge is 0.258 e. The number of nitrogens with one attached hydrogen (secondary N) is 1. The number of carbonyl (C=O) groups is 1. The topological polar surface area (TPSA) is 64.3 Å². The maximum atomic E-state index is 11.9. The van der Waals surface area contributed by atoms with Gasteiger partial charge in [-0.3, -0.25) is 4.79 Å². The molecule has 0 radical (unpaired) electrons. The second-order valence-electron chi connectivity index (χ2n) is 5.19. The average Bonchev–Trinajstić information content (AvgIpc) is 3.21. The summed E-state index contributed by atoms with van der Waals surface area (Å²) < 4.78 is 6.38. The van der Waals surface area contributed by atoms with Gasteiger partial charge in [-0.2, -0.15) is 0 Å². The highest BCUT2D eigenvalue weighted by atomic mass is 79.9. The molecule has 2 rings (SSSR count). The van der Waals surface area contributed by atoms with Crippen LogP contribution in [0.3, 0.4) is 0 Å². The Hall–Kier alpha value is -1.07. The van der Waals surface area contributed by atoms with E-state index in [1.54, 1.807) is 0 Å². The molecule has 1 aromatic carbocycles. The van der Waals surface area contributed by atoms with Crippen molar-refractivity contribution >= 4 is 21.8 Å². The number of amides is 1. The third-order valence-electron chi connectivity index (χ3n) is 3.49. The fourth-order valence-electron chi connectivity index (χ4n) is 2.10. The summed E-state index contributed by atoms with van der Waals surface area (Å²) in [6.07, 6.45) is 2.28. The molecule has 1 aliphatic rings.